The summed E-state index contributed by atoms with van der Waals surface area (Å²) in [6.07, 6.45) is 1.44. The quantitative estimate of drug-likeness (QED) is 0.550. The maximum Gasteiger partial charge on any atom is 0.182 e. The molecule has 1 aromatic carbocycles. The van der Waals surface area contributed by atoms with Crippen molar-refractivity contribution in [2.75, 3.05) is 0 Å². The molecule has 0 bridgehead atoms. The van der Waals surface area contributed by atoms with Crippen LogP contribution in [0.1, 0.15) is 5.56 Å². The van der Waals surface area contributed by atoms with Gasteiger partial charge in [0.15, 0.2) is 11.2 Å². The Kier molecular flexibility index (Phi) is 3.54. The molecule has 0 N–H and O–H groups in total. The number of hydrogen-bond donors (Lipinski definition) is 0. The zero-order valence-electron chi connectivity index (χ0n) is 10.4. The highest BCUT2D eigenvalue weighted by Crippen LogP contribution is 2.29. The molecule has 5 nitrogen and oxygen atoms in total. The first-order valence-electron chi connectivity index (χ1n) is 5.73. The summed E-state index contributed by atoms with van der Waals surface area (Å²) >= 11 is 7.35. The Morgan fingerprint density at radius 3 is 3.00 bits per heavy atom. The molecule has 0 unspecified atom stereocenters. The molecule has 0 atom stereocenters. The van der Waals surface area contributed by atoms with Crippen LogP contribution in [0, 0.1) is 5.82 Å². The predicted molar refractivity (Wildman–Crippen MR) is 75.1 cm³/mol. The number of nitrogens with zero attached hydrogens (tertiary/aromatic N) is 5. The van der Waals surface area contributed by atoms with Gasteiger partial charge in [0.25, 0.3) is 0 Å². The SMILES string of the molecule is Cn1nnc2c(SCc3c(F)cccc3Cl)ncnc21. The van der Waals surface area contributed by atoms with E-state index < -0.39 is 0 Å². The number of benzene rings is 1. The number of aromatic nitrogens is 5. The molecular weight excluding hydrogens is 301 g/mol. The van der Waals surface area contributed by atoms with Crippen molar-refractivity contribution >= 4 is 34.5 Å². The molecule has 102 valence electrons. The second-order valence-electron chi connectivity index (χ2n) is 4.05. The van der Waals surface area contributed by atoms with Crippen LogP contribution in [0.4, 0.5) is 4.39 Å². The topological polar surface area (TPSA) is 56.5 Å². The van der Waals surface area contributed by atoms with Gasteiger partial charge in [-0.25, -0.2) is 19.0 Å². The summed E-state index contributed by atoms with van der Waals surface area (Å²) in [7, 11) is 1.75. The lowest BCUT2D eigenvalue weighted by Crippen LogP contribution is -1.93. The Bertz CT molecular complexity index is 755. The van der Waals surface area contributed by atoms with Crippen LogP contribution in [0.5, 0.6) is 0 Å². The van der Waals surface area contributed by atoms with Gasteiger partial charge in [0, 0.05) is 23.4 Å². The zero-order valence-corrected chi connectivity index (χ0v) is 12.0. The first kappa shape index (κ1) is 13.3. The minimum absolute atomic E-state index is 0.325. The number of thioether (sulfide) groups is 1. The minimum Gasteiger partial charge on any atom is -0.230 e. The van der Waals surface area contributed by atoms with E-state index in [0.717, 1.165) is 0 Å². The fourth-order valence-corrected chi connectivity index (χ4v) is 3.02. The largest absolute Gasteiger partial charge is 0.230 e. The second-order valence-corrected chi connectivity index (χ2v) is 5.42. The van der Waals surface area contributed by atoms with Crippen molar-refractivity contribution in [1.82, 2.24) is 25.0 Å². The summed E-state index contributed by atoms with van der Waals surface area (Å²) in [6, 6.07) is 4.63. The van der Waals surface area contributed by atoms with E-state index in [2.05, 4.69) is 20.3 Å². The van der Waals surface area contributed by atoms with E-state index in [1.54, 1.807) is 23.9 Å². The van der Waals surface area contributed by atoms with Crippen molar-refractivity contribution in [3.05, 3.63) is 40.9 Å². The van der Waals surface area contributed by atoms with Crippen molar-refractivity contribution in [2.45, 2.75) is 10.8 Å². The van der Waals surface area contributed by atoms with Gasteiger partial charge in [-0.3, -0.25) is 0 Å². The normalized spacial score (nSPS) is 11.2. The lowest BCUT2D eigenvalue weighted by Gasteiger charge is -2.05. The fraction of sp³-hybridized carbons (Fsp3) is 0.167. The average Bonchev–Trinajstić information content (AvgIpc) is 2.81. The van der Waals surface area contributed by atoms with Gasteiger partial charge in [0.05, 0.1) is 0 Å². The maximum absolute atomic E-state index is 13.7. The van der Waals surface area contributed by atoms with Crippen molar-refractivity contribution in [3.63, 3.8) is 0 Å². The van der Waals surface area contributed by atoms with E-state index in [4.69, 9.17) is 11.6 Å². The van der Waals surface area contributed by atoms with E-state index in [0.29, 0.717) is 32.5 Å². The lowest BCUT2D eigenvalue weighted by molar-refractivity contribution is 0.617. The lowest BCUT2D eigenvalue weighted by atomic mass is 10.2. The molecule has 8 heteroatoms. The van der Waals surface area contributed by atoms with Gasteiger partial charge < -0.3 is 0 Å². The van der Waals surface area contributed by atoms with Gasteiger partial charge in [-0.05, 0) is 12.1 Å². The first-order valence-corrected chi connectivity index (χ1v) is 7.09. The Balaban J connectivity index is 1.91. The monoisotopic (exact) mass is 309 g/mol. The highest BCUT2D eigenvalue weighted by molar-refractivity contribution is 7.98. The van der Waals surface area contributed by atoms with Crippen LogP contribution in [0.15, 0.2) is 29.6 Å². The van der Waals surface area contributed by atoms with Gasteiger partial charge in [0.1, 0.15) is 17.2 Å². The predicted octanol–water partition coefficient (Wildman–Crippen LogP) is 2.84. The van der Waals surface area contributed by atoms with Crippen LogP contribution < -0.4 is 0 Å². The van der Waals surface area contributed by atoms with E-state index in [-0.39, 0.29) is 5.82 Å². The third-order valence-corrected chi connectivity index (χ3v) is 4.13. The van der Waals surface area contributed by atoms with Gasteiger partial charge in [-0.15, -0.1) is 5.10 Å². The number of fused-ring (bicyclic) bond motifs is 1. The molecule has 0 fully saturated rings. The van der Waals surface area contributed by atoms with Crippen LogP contribution in [0.2, 0.25) is 5.02 Å². The summed E-state index contributed by atoms with van der Waals surface area (Å²) < 4.78 is 15.3. The smallest absolute Gasteiger partial charge is 0.182 e. The summed E-state index contributed by atoms with van der Waals surface area (Å²) in [5, 5.41) is 8.97. The average molecular weight is 310 g/mol. The van der Waals surface area contributed by atoms with Gasteiger partial charge in [0.2, 0.25) is 0 Å². The molecule has 0 amide bonds. The van der Waals surface area contributed by atoms with Gasteiger partial charge in [-0.1, -0.05) is 34.6 Å². The molecular formula is C12H9ClFN5S. The molecule has 0 aliphatic rings. The van der Waals surface area contributed by atoms with Crippen LogP contribution >= 0.6 is 23.4 Å². The molecule has 3 rings (SSSR count). The molecule has 0 aliphatic heterocycles. The molecule has 0 aliphatic carbocycles. The number of halogens is 2. The van der Waals surface area contributed by atoms with E-state index in [1.165, 1.54) is 24.2 Å². The Hall–Kier alpha value is -1.73. The first-order chi connectivity index (χ1) is 9.66. The highest BCUT2D eigenvalue weighted by Gasteiger charge is 2.13. The molecule has 0 radical (unpaired) electrons. The number of hydrogen-bond acceptors (Lipinski definition) is 5. The van der Waals surface area contributed by atoms with Crippen LogP contribution in [0.25, 0.3) is 11.2 Å². The Morgan fingerprint density at radius 2 is 2.20 bits per heavy atom. The van der Waals surface area contributed by atoms with Crippen LogP contribution in [-0.2, 0) is 12.8 Å². The van der Waals surface area contributed by atoms with E-state index in [1.807, 2.05) is 0 Å². The number of rotatable bonds is 3. The standard InChI is InChI=1S/C12H9ClFN5S/c1-19-11-10(17-18-19)12(16-6-15-11)20-5-7-8(13)3-2-4-9(7)14/h2-4,6H,5H2,1H3. The summed E-state index contributed by atoms with van der Waals surface area (Å²) in [6.45, 7) is 0. The summed E-state index contributed by atoms with van der Waals surface area (Å²) in [5.74, 6) is 0.0447. The van der Waals surface area contributed by atoms with Crippen LogP contribution in [-0.4, -0.2) is 25.0 Å². The molecule has 0 saturated carbocycles. The Morgan fingerprint density at radius 1 is 1.35 bits per heavy atom. The second kappa shape index (κ2) is 5.34. The fourth-order valence-electron chi connectivity index (χ4n) is 1.75. The molecule has 20 heavy (non-hydrogen) atoms. The third kappa shape index (κ3) is 2.34. The molecule has 2 heterocycles. The van der Waals surface area contributed by atoms with Crippen molar-refractivity contribution in [2.24, 2.45) is 7.05 Å². The molecule has 0 spiro atoms. The minimum atomic E-state index is -0.325. The van der Waals surface area contributed by atoms with Gasteiger partial charge >= 0.3 is 0 Å². The third-order valence-electron chi connectivity index (χ3n) is 2.77. The van der Waals surface area contributed by atoms with E-state index >= 15 is 0 Å². The van der Waals surface area contributed by atoms with Crippen LogP contribution in [0.3, 0.4) is 0 Å². The number of aryl methyl sites for hydroxylation is 1. The van der Waals surface area contributed by atoms with Crippen molar-refractivity contribution in [1.29, 1.82) is 0 Å². The zero-order chi connectivity index (χ0) is 14.1. The summed E-state index contributed by atoms with van der Waals surface area (Å²) in [5.41, 5.74) is 1.70. The van der Waals surface area contributed by atoms with Gasteiger partial charge in [-0.2, -0.15) is 0 Å². The van der Waals surface area contributed by atoms with E-state index in [9.17, 15) is 4.39 Å². The molecule has 2 aromatic heterocycles. The van der Waals surface area contributed by atoms with Crippen molar-refractivity contribution in [3.8, 4) is 0 Å². The maximum atomic E-state index is 13.7. The highest BCUT2D eigenvalue weighted by atomic mass is 35.5. The molecule has 0 saturated heterocycles. The summed E-state index contributed by atoms with van der Waals surface area (Å²) in [4.78, 5) is 8.27. The Labute approximate surface area is 123 Å². The molecule has 3 aromatic rings. The van der Waals surface area contributed by atoms with Crippen molar-refractivity contribution < 1.29 is 4.39 Å².